The first-order valence-corrected chi connectivity index (χ1v) is 8.81. The SMILES string of the molecule is CN(CC1CCCOC1)S(=O)(=O)c1ccc(Cl)c(N)c1Cl. The number of benzene rings is 1. The second-order valence-corrected chi connectivity index (χ2v) is 7.94. The van der Waals surface area contributed by atoms with E-state index >= 15 is 0 Å². The smallest absolute Gasteiger partial charge is 0.244 e. The van der Waals surface area contributed by atoms with E-state index in [0.29, 0.717) is 13.2 Å². The highest BCUT2D eigenvalue weighted by Crippen LogP contribution is 2.34. The van der Waals surface area contributed by atoms with Crippen molar-refractivity contribution in [3.63, 3.8) is 0 Å². The molecule has 0 aromatic heterocycles. The van der Waals surface area contributed by atoms with Gasteiger partial charge in [-0.1, -0.05) is 23.2 Å². The minimum atomic E-state index is -3.70. The molecular formula is C13H18Cl2N2O3S. The summed E-state index contributed by atoms with van der Waals surface area (Å²) in [6.45, 7) is 1.71. The fraction of sp³-hybridized carbons (Fsp3) is 0.538. The first-order valence-electron chi connectivity index (χ1n) is 6.61. The van der Waals surface area contributed by atoms with Crippen LogP contribution in [0.5, 0.6) is 0 Å². The minimum Gasteiger partial charge on any atom is -0.396 e. The Balaban J connectivity index is 2.22. The van der Waals surface area contributed by atoms with E-state index in [0.717, 1.165) is 19.4 Å². The molecule has 0 aliphatic carbocycles. The maximum atomic E-state index is 12.6. The maximum absolute atomic E-state index is 12.6. The molecule has 1 aliphatic heterocycles. The molecule has 0 spiro atoms. The van der Waals surface area contributed by atoms with Gasteiger partial charge >= 0.3 is 0 Å². The molecule has 0 radical (unpaired) electrons. The standard InChI is InChI=1S/C13H18Cl2N2O3S/c1-17(7-9-3-2-6-20-8-9)21(18,19)11-5-4-10(14)13(16)12(11)15/h4-5,9H,2-3,6-8,16H2,1H3. The van der Waals surface area contributed by atoms with Gasteiger partial charge in [0.1, 0.15) is 4.90 Å². The normalized spacial score (nSPS) is 19.9. The Hall–Kier alpha value is -0.530. The van der Waals surface area contributed by atoms with Crippen LogP contribution in [0.1, 0.15) is 12.8 Å². The number of hydrogen-bond donors (Lipinski definition) is 1. The van der Waals surface area contributed by atoms with Crippen molar-refractivity contribution in [1.29, 1.82) is 0 Å². The summed E-state index contributed by atoms with van der Waals surface area (Å²) < 4.78 is 31.9. The number of nitrogens with zero attached hydrogens (tertiary/aromatic N) is 1. The molecule has 2 N–H and O–H groups in total. The molecule has 2 rings (SSSR count). The van der Waals surface area contributed by atoms with Crippen molar-refractivity contribution in [3.8, 4) is 0 Å². The van der Waals surface area contributed by atoms with Crippen LogP contribution >= 0.6 is 23.2 Å². The first-order chi connectivity index (χ1) is 9.84. The summed E-state index contributed by atoms with van der Waals surface area (Å²) in [5, 5.41) is 0.205. The lowest BCUT2D eigenvalue weighted by atomic mass is 10.0. The van der Waals surface area contributed by atoms with Crippen LogP contribution in [0.15, 0.2) is 17.0 Å². The van der Waals surface area contributed by atoms with E-state index < -0.39 is 10.0 Å². The monoisotopic (exact) mass is 352 g/mol. The van der Waals surface area contributed by atoms with Crippen molar-refractivity contribution in [2.45, 2.75) is 17.7 Å². The van der Waals surface area contributed by atoms with E-state index in [-0.39, 0.29) is 26.5 Å². The predicted octanol–water partition coefficient (Wildman–Crippen LogP) is 2.62. The molecule has 1 aromatic rings. The topological polar surface area (TPSA) is 72.6 Å². The molecule has 1 fully saturated rings. The Bertz CT molecular complexity index is 616. The quantitative estimate of drug-likeness (QED) is 0.845. The molecule has 1 aliphatic rings. The highest BCUT2D eigenvalue weighted by molar-refractivity contribution is 7.89. The Morgan fingerprint density at radius 1 is 1.43 bits per heavy atom. The second kappa shape index (κ2) is 6.71. The summed E-state index contributed by atoms with van der Waals surface area (Å²) >= 11 is 11.9. The zero-order valence-electron chi connectivity index (χ0n) is 11.7. The number of sulfonamides is 1. The van der Waals surface area contributed by atoms with Gasteiger partial charge in [0.2, 0.25) is 10.0 Å². The third-order valence-electron chi connectivity index (χ3n) is 3.55. The highest BCUT2D eigenvalue weighted by atomic mass is 35.5. The summed E-state index contributed by atoms with van der Waals surface area (Å²) in [6.07, 6.45) is 1.91. The molecule has 118 valence electrons. The van der Waals surface area contributed by atoms with Gasteiger partial charge < -0.3 is 10.5 Å². The molecular weight excluding hydrogens is 335 g/mol. The summed E-state index contributed by atoms with van der Waals surface area (Å²) in [5.41, 5.74) is 5.77. The molecule has 5 nitrogen and oxygen atoms in total. The Morgan fingerprint density at radius 2 is 2.14 bits per heavy atom. The molecule has 1 unspecified atom stereocenters. The van der Waals surface area contributed by atoms with Gasteiger partial charge in [-0.2, -0.15) is 0 Å². The highest BCUT2D eigenvalue weighted by Gasteiger charge is 2.28. The predicted molar refractivity (Wildman–Crippen MR) is 84.2 cm³/mol. The summed E-state index contributed by atoms with van der Waals surface area (Å²) in [7, 11) is -2.17. The Kier molecular flexibility index (Phi) is 5.38. The van der Waals surface area contributed by atoms with Gasteiger partial charge in [0.15, 0.2) is 0 Å². The zero-order valence-corrected chi connectivity index (χ0v) is 14.0. The summed E-state index contributed by atoms with van der Waals surface area (Å²) in [6, 6.07) is 2.82. The number of nitrogen functional groups attached to an aromatic ring is 1. The summed E-state index contributed by atoms with van der Waals surface area (Å²) in [5.74, 6) is 0.196. The zero-order chi connectivity index (χ0) is 15.6. The van der Waals surface area contributed by atoms with Gasteiger partial charge in [0.25, 0.3) is 0 Å². The molecule has 1 atom stereocenters. The third-order valence-corrected chi connectivity index (χ3v) is 6.26. The Labute approximate surface area is 135 Å². The third kappa shape index (κ3) is 3.63. The van der Waals surface area contributed by atoms with Crippen molar-refractivity contribution in [1.82, 2.24) is 4.31 Å². The van der Waals surface area contributed by atoms with Crippen molar-refractivity contribution in [2.24, 2.45) is 5.92 Å². The van der Waals surface area contributed by atoms with E-state index in [1.165, 1.54) is 23.5 Å². The van der Waals surface area contributed by atoms with Crippen LogP contribution in [0.4, 0.5) is 5.69 Å². The number of ether oxygens (including phenoxy) is 1. The van der Waals surface area contributed by atoms with Gasteiger partial charge in [-0.15, -0.1) is 0 Å². The first kappa shape index (κ1) is 16.8. The molecule has 21 heavy (non-hydrogen) atoms. The van der Waals surface area contributed by atoms with Gasteiger partial charge in [-0.05, 0) is 30.9 Å². The van der Waals surface area contributed by atoms with Crippen LogP contribution in [0, 0.1) is 5.92 Å². The number of halogens is 2. The fourth-order valence-corrected chi connectivity index (χ4v) is 4.31. The molecule has 1 saturated heterocycles. The van der Waals surface area contributed by atoms with Crippen molar-refractivity contribution < 1.29 is 13.2 Å². The van der Waals surface area contributed by atoms with Gasteiger partial charge in [-0.25, -0.2) is 12.7 Å². The molecule has 8 heteroatoms. The van der Waals surface area contributed by atoms with Crippen molar-refractivity contribution >= 4 is 38.9 Å². The molecule has 0 saturated carbocycles. The van der Waals surface area contributed by atoms with Crippen molar-refractivity contribution in [2.75, 3.05) is 32.5 Å². The average Bonchev–Trinajstić information content (AvgIpc) is 2.45. The minimum absolute atomic E-state index is 0.0229. The van der Waals surface area contributed by atoms with Crippen LogP contribution < -0.4 is 5.73 Å². The van der Waals surface area contributed by atoms with Gasteiger partial charge in [0.05, 0.1) is 22.3 Å². The number of rotatable bonds is 4. The van der Waals surface area contributed by atoms with E-state index in [2.05, 4.69) is 0 Å². The molecule has 1 heterocycles. The van der Waals surface area contributed by atoms with E-state index in [9.17, 15) is 8.42 Å². The van der Waals surface area contributed by atoms with Crippen LogP contribution in [0.25, 0.3) is 0 Å². The van der Waals surface area contributed by atoms with Crippen LogP contribution in [-0.2, 0) is 14.8 Å². The number of hydrogen-bond acceptors (Lipinski definition) is 4. The molecule has 1 aromatic carbocycles. The lowest BCUT2D eigenvalue weighted by Gasteiger charge is -2.27. The Morgan fingerprint density at radius 3 is 2.76 bits per heavy atom. The summed E-state index contributed by atoms with van der Waals surface area (Å²) in [4.78, 5) is -0.0229. The number of anilines is 1. The molecule has 0 bridgehead atoms. The van der Waals surface area contributed by atoms with E-state index in [1.54, 1.807) is 0 Å². The lowest BCUT2D eigenvalue weighted by molar-refractivity contribution is 0.0495. The largest absolute Gasteiger partial charge is 0.396 e. The number of nitrogens with two attached hydrogens (primary N) is 1. The van der Waals surface area contributed by atoms with Crippen LogP contribution in [0.3, 0.4) is 0 Å². The van der Waals surface area contributed by atoms with Crippen LogP contribution in [0.2, 0.25) is 10.0 Å². The van der Waals surface area contributed by atoms with Gasteiger partial charge in [0, 0.05) is 20.2 Å². The molecule has 0 amide bonds. The van der Waals surface area contributed by atoms with Crippen molar-refractivity contribution in [3.05, 3.63) is 22.2 Å². The second-order valence-electron chi connectivity index (χ2n) is 5.14. The maximum Gasteiger partial charge on any atom is 0.244 e. The van der Waals surface area contributed by atoms with E-state index in [1.807, 2.05) is 0 Å². The average molecular weight is 353 g/mol. The fourth-order valence-electron chi connectivity index (χ4n) is 2.33. The van der Waals surface area contributed by atoms with E-state index in [4.69, 9.17) is 33.7 Å². The lowest BCUT2D eigenvalue weighted by Crippen LogP contribution is -2.35. The van der Waals surface area contributed by atoms with Crippen LogP contribution in [-0.4, -0.2) is 39.5 Å². The van der Waals surface area contributed by atoms with Gasteiger partial charge in [-0.3, -0.25) is 0 Å².